The number of carbonyl (C=O) groups excluding carboxylic acids is 2. The number of piperazine rings is 1. The van der Waals surface area contributed by atoms with E-state index in [1.54, 1.807) is 0 Å². The van der Waals surface area contributed by atoms with Crippen molar-refractivity contribution in [1.82, 2.24) is 14.7 Å². The Labute approximate surface area is 163 Å². The minimum atomic E-state index is 0.0941. The zero-order chi connectivity index (χ0) is 19.6. The molecule has 5 nitrogen and oxygen atoms in total. The summed E-state index contributed by atoms with van der Waals surface area (Å²) in [6.45, 7) is 11.5. The molecule has 1 fully saturated rings. The third-order valence-corrected chi connectivity index (χ3v) is 5.25. The van der Waals surface area contributed by atoms with Crippen molar-refractivity contribution >= 4 is 17.9 Å². The summed E-state index contributed by atoms with van der Waals surface area (Å²) in [6, 6.07) is 9.95. The van der Waals surface area contributed by atoms with Gasteiger partial charge in [0.05, 0.1) is 0 Å². The van der Waals surface area contributed by atoms with Gasteiger partial charge in [0.15, 0.2) is 0 Å². The van der Waals surface area contributed by atoms with Crippen molar-refractivity contribution in [2.45, 2.75) is 33.6 Å². The van der Waals surface area contributed by atoms with Crippen molar-refractivity contribution in [2.24, 2.45) is 0 Å². The molecule has 1 aliphatic rings. The van der Waals surface area contributed by atoms with Crippen molar-refractivity contribution in [1.29, 1.82) is 0 Å². The lowest BCUT2D eigenvalue weighted by Crippen LogP contribution is -2.51. The maximum atomic E-state index is 12.9. The second-order valence-electron chi connectivity index (χ2n) is 6.88. The Balaban J connectivity index is 1.87. The highest BCUT2D eigenvalue weighted by atomic mass is 16.2. The summed E-state index contributed by atoms with van der Waals surface area (Å²) in [4.78, 5) is 31.3. The molecule has 27 heavy (non-hydrogen) atoms. The molecule has 1 saturated heterocycles. The normalized spacial score (nSPS) is 15.3. The lowest BCUT2D eigenvalue weighted by Gasteiger charge is -2.35. The summed E-state index contributed by atoms with van der Waals surface area (Å²) < 4.78 is 0. The van der Waals surface area contributed by atoms with Crippen LogP contribution in [0.15, 0.2) is 35.9 Å². The molecule has 0 atom stereocenters. The first-order valence-electron chi connectivity index (χ1n) is 10.1. The highest BCUT2D eigenvalue weighted by Crippen LogP contribution is 2.15. The minimum absolute atomic E-state index is 0.0941. The maximum Gasteiger partial charge on any atom is 0.249 e. The fraction of sp³-hybridized carbons (Fsp3) is 0.545. The molecule has 0 saturated carbocycles. The Morgan fingerprint density at radius 3 is 2.11 bits per heavy atom. The number of carbonyl (C=O) groups is 2. The van der Waals surface area contributed by atoms with Gasteiger partial charge in [0.1, 0.15) is 0 Å². The largest absolute Gasteiger partial charge is 0.339 e. The molecular weight excluding hydrogens is 338 g/mol. The molecule has 1 aliphatic heterocycles. The van der Waals surface area contributed by atoms with Crippen LogP contribution < -0.4 is 0 Å². The van der Waals surface area contributed by atoms with Crippen molar-refractivity contribution in [2.75, 3.05) is 45.8 Å². The van der Waals surface area contributed by atoms with Crippen LogP contribution >= 0.6 is 0 Å². The zero-order valence-electron chi connectivity index (χ0n) is 17.0. The van der Waals surface area contributed by atoms with Crippen molar-refractivity contribution in [3.05, 3.63) is 41.5 Å². The van der Waals surface area contributed by atoms with Gasteiger partial charge in [-0.05, 0) is 31.1 Å². The third-order valence-electron chi connectivity index (χ3n) is 5.25. The Morgan fingerprint density at radius 1 is 0.963 bits per heavy atom. The standard InChI is InChI=1S/C22H33N3O2/c1-4-20(18-19-10-8-7-9-11-19)22(27)25-16-14-24(15-17-25)21(26)12-13-23(5-2)6-3/h7-11,18H,4-6,12-17H2,1-3H3/b20-18+. The smallest absolute Gasteiger partial charge is 0.249 e. The fourth-order valence-electron chi connectivity index (χ4n) is 3.38. The maximum absolute atomic E-state index is 12.9. The van der Waals surface area contributed by atoms with Gasteiger partial charge in [0.2, 0.25) is 11.8 Å². The number of benzene rings is 1. The number of amides is 2. The van der Waals surface area contributed by atoms with E-state index < -0.39 is 0 Å². The molecule has 0 bridgehead atoms. The molecular formula is C22H33N3O2. The van der Waals surface area contributed by atoms with E-state index in [-0.39, 0.29) is 11.8 Å². The predicted molar refractivity (Wildman–Crippen MR) is 110 cm³/mol. The Morgan fingerprint density at radius 2 is 1.56 bits per heavy atom. The van der Waals surface area contributed by atoms with Crippen LogP contribution in [-0.2, 0) is 9.59 Å². The number of rotatable bonds is 8. The van der Waals surface area contributed by atoms with Gasteiger partial charge < -0.3 is 14.7 Å². The van der Waals surface area contributed by atoms with E-state index >= 15 is 0 Å². The minimum Gasteiger partial charge on any atom is -0.339 e. The first-order valence-corrected chi connectivity index (χ1v) is 10.1. The molecule has 148 valence electrons. The van der Waals surface area contributed by atoms with Crippen molar-refractivity contribution in [3.8, 4) is 0 Å². The van der Waals surface area contributed by atoms with Gasteiger partial charge in [-0.25, -0.2) is 0 Å². The Bertz CT molecular complexity index is 630. The van der Waals surface area contributed by atoms with Crippen LogP contribution in [0.3, 0.4) is 0 Å². The highest BCUT2D eigenvalue weighted by Gasteiger charge is 2.25. The van der Waals surface area contributed by atoms with Gasteiger partial charge in [-0.3, -0.25) is 9.59 Å². The quantitative estimate of drug-likeness (QED) is 0.660. The van der Waals surface area contributed by atoms with Gasteiger partial charge >= 0.3 is 0 Å². The molecule has 1 aromatic rings. The van der Waals surface area contributed by atoms with Crippen LogP contribution in [0.5, 0.6) is 0 Å². The summed E-state index contributed by atoms with van der Waals surface area (Å²) >= 11 is 0. The van der Waals surface area contributed by atoms with E-state index in [9.17, 15) is 9.59 Å². The van der Waals surface area contributed by atoms with Gasteiger partial charge in [-0.15, -0.1) is 0 Å². The molecule has 0 N–H and O–H groups in total. The fourth-order valence-corrected chi connectivity index (χ4v) is 3.38. The Hall–Kier alpha value is -2.14. The van der Waals surface area contributed by atoms with Crippen LogP contribution in [0.1, 0.15) is 39.2 Å². The van der Waals surface area contributed by atoms with Crippen LogP contribution in [0.25, 0.3) is 6.08 Å². The van der Waals surface area contributed by atoms with Crippen molar-refractivity contribution < 1.29 is 9.59 Å². The van der Waals surface area contributed by atoms with Crippen LogP contribution in [0.2, 0.25) is 0 Å². The van der Waals surface area contributed by atoms with E-state index in [1.807, 2.05) is 53.1 Å². The molecule has 0 spiro atoms. The predicted octanol–water partition coefficient (Wildman–Crippen LogP) is 2.88. The Kier molecular flexibility index (Phi) is 8.52. The van der Waals surface area contributed by atoms with Gasteiger partial charge in [0, 0.05) is 44.7 Å². The van der Waals surface area contributed by atoms with E-state index in [1.165, 1.54) is 0 Å². The number of hydrogen-bond donors (Lipinski definition) is 0. The zero-order valence-corrected chi connectivity index (χ0v) is 17.0. The van der Waals surface area contributed by atoms with Crippen LogP contribution in [0, 0.1) is 0 Å². The van der Waals surface area contributed by atoms with Gasteiger partial charge in [-0.2, -0.15) is 0 Å². The van der Waals surface area contributed by atoms with E-state index in [4.69, 9.17) is 0 Å². The third kappa shape index (κ3) is 6.21. The lowest BCUT2D eigenvalue weighted by molar-refractivity contribution is -0.137. The summed E-state index contributed by atoms with van der Waals surface area (Å²) in [5.41, 5.74) is 1.87. The molecule has 0 aliphatic carbocycles. The van der Waals surface area contributed by atoms with Gasteiger partial charge in [0.25, 0.3) is 0 Å². The molecule has 0 aromatic heterocycles. The molecule has 0 radical (unpaired) electrons. The number of nitrogens with zero attached hydrogens (tertiary/aromatic N) is 3. The van der Waals surface area contributed by atoms with E-state index in [0.717, 1.165) is 30.8 Å². The van der Waals surface area contributed by atoms with E-state index in [2.05, 4.69) is 18.7 Å². The van der Waals surface area contributed by atoms with Gasteiger partial charge in [-0.1, -0.05) is 51.1 Å². The lowest BCUT2D eigenvalue weighted by atomic mass is 10.1. The molecule has 0 unspecified atom stereocenters. The molecule has 2 amide bonds. The van der Waals surface area contributed by atoms with Crippen LogP contribution in [0.4, 0.5) is 0 Å². The molecule has 1 aromatic carbocycles. The van der Waals surface area contributed by atoms with E-state index in [0.29, 0.717) is 39.0 Å². The number of hydrogen-bond acceptors (Lipinski definition) is 3. The first-order chi connectivity index (χ1) is 13.1. The molecule has 5 heteroatoms. The highest BCUT2D eigenvalue weighted by molar-refractivity contribution is 5.98. The van der Waals surface area contributed by atoms with Crippen LogP contribution in [-0.4, -0.2) is 72.3 Å². The average molecular weight is 372 g/mol. The molecule has 2 rings (SSSR count). The first kappa shape index (κ1) is 21.2. The van der Waals surface area contributed by atoms with Crippen molar-refractivity contribution in [3.63, 3.8) is 0 Å². The summed E-state index contributed by atoms with van der Waals surface area (Å²) in [5, 5.41) is 0. The second kappa shape index (κ2) is 10.9. The monoisotopic (exact) mass is 371 g/mol. The SMILES string of the molecule is CC/C(=C\c1ccccc1)C(=O)N1CCN(C(=O)CCN(CC)CC)CC1. The second-order valence-corrected chi connectivity index (χ2v) is 6.88. The molecule has 1 heterocycles. The topological polar surface area (TPSA) is 43.9 Å². The summed E-state index contributed by atoms with van der Waals surface area (Å²) in [7, 11) is 0. The average Bonchev–Trinajstić information content (AvgIpc) is 2.73. The summed E-state index contributed by atoms with van der Waals surface area (Å²) in [5.74, 6) is 0.293. The summed E-state index contributed by atoms with van der Waals surface area (Å²) in [6.07, 6.45) is 3.24.